The lowest BCUT2D eigenvalue weighted by Crippen LogP contribution is -2.45. The molecule has 0 saturated carbocycles. The molecule has 1 aromatic heterocycles. The van der Waals surface area contributed by atoms with E-state index in [-0.39, 0.29) is 24.0 Å². The van der Waals surface area contributed by atoms with Gasteiger partial charge in [-0.15, -0.1) is 22.9 Å². The summed E-state index contributed by atoms with van der Waals surface area (Å²) in [5, 5.41) is 2.72. The minimum Gasteiger partial charge on any atom is -0.350 e. The maximum absolute atomic E-state index is 13.4. The van der Waals surface area contributed by atoms with Crippen LogP contribution in [0.4, 0.5) is 5.69 Å². The van der Waals surface area contributed by atoms with Crippen LogP contribution in [0.25, 0.3) is 10.4 Å². The lowest BCUT2D eigenvalue weighted by molar-refractivity contribution is -0.200. The number of alkyl halides is 1. The predicted molar refractivity (Wildman–Crippen MR) is 136 cm³/mol. The summed E-state index contributed by atoms with van der Waals surface area (Å²) in [6, 6.07) is 10.9. The standard InChI is InChI=1S/C24H29ClN2O6S2/c25-16-22(29)26-18-7-5-6-17(14-18)19-9-10-20(34-19)24(11-2-4-13-35(24,30)31)15-21(28)27-33-23-8-1-3-12-32-23/h5-7,9-10,14,23H,1-4,8,11-13,15-16H2,(H,26,29)(H,27,28)/t23?,24-/m0/s1. The average molecular weight is 541 g/mol. The fraction of sp³-hybridized carbons (Fsp3) is 0.500. The van der Waals surface area contributed by atoms with Gasteiger partial charge in [0.05, 0.1) is 12.2 Å². The lowest BCUT2D eigenvalue weighted by atomic mass is 9.94. The molecular weight excluding hydrogens is 512 g/mol. The fourth-order valence-electron chi connectivity index (χ4n) is 4.53. The van der Waals surface area contributed by atoms with Crippen molar-refractivity contribution in [2.24, 2.45) is 0 Å². The van der Waals surface area contributed by atoms with Gasteiger partial charge in [0, 0.05) is 28.5 Å². The number of carbonyl (C=O) groups excluding carboxylic acids is 2. The Labute approximate surface area is 214 Å². The van der Waals surface area contributed by atoms with Crippen molar-refractivity contribution in [1.29, 1.82) is 0 Å². The minimum absolute atomic E-state index is 0.0417. The molecule has 2 saturated heterocycles. The molecule has 2 aliphatic heterocycles. The molecule has 0 radical (unpaired) electrons. The van der Waals surface area contributed by atoms with Crippen molar-refractivity contribution >= 4 is 50.3 Å². The van der Waals surface area contributed by atoms with E-state index >= 15 is 0 Å². The Morgan fingerprint density at radius 2 is 2.00 bits per heavy atom. The van der Waals surface area contributed by atoms with E-state index in [9.17, 15) is 18.0 Å². The number of rotatable bonds is 8. The van der Waals surface area contributed by atoms with Gasteiger partial charge in [0.1, 0.15) is 10.6 Å². The van der Waals surface area contributed by atoms with Crippen molar-refractivity contribution in [2.75, 3.05) is 23.6 Å². The molecule has 0 spiro atoms. The van der Waals surface area contributed by atoms with Gasteiger partial charge in [0.2, 0.25) is 11.8 Å². The van der Waals surface area contributed by atoms with E-state index < -0.39 is 26.8 Å². The van der Waals surface area contributed by atoms with E-state index in [1.807, 2.05) is 24.3 Å². The molecule has 0 bridgehead atoms. The van der Waals surface area contributed by atoms with Gasteiger partial charge in [0.25, 0.3) is 0 Å². The summed E-state index contributed by atoms with van der Waals surface area (Å²) in [6.45, 7) is 0.577. The van der Waals surface area contributed by atoms with Gasteiger partial charge >= 0.3 is 0 Å². The molecule has 0 aliphatic carbocycles. The Hall–Kier alpha value is -1.98. The topological polar surface area (TPSA) is 111 Å². The Bertz CT molecular complexity index is 1160. The highest BCUT2D eigenvalue weighted by molar-refractivity contribution is 7.92. The number of nitrogens with one attached hydrogen (secondary N) is 2. The molecule has 190 valence electrons. The molecule has 1 unspecified atom stereocenters. The van der Waals surface area contributed by atoms with Gasteiger partial charge in [-0.2, -0.15) is 0 Å². The van der Waals surface area contributed by atoms with Crippen molar-refractivity contribution in [2.45, 2.75) is 56.0 Å². The molecule has 35 heavy (non-hydrogen) atoms. The number of ether oxygens (including phenoxy) is 1. The SMILES string of the molecule is O=C(C[C@]1(c2ccc(-c3cccc(NC(=O)CCl)c3)s2)CCCCS1(=O)=O)NOC1CCCCO1. The van der Waals surface area contributed by atoms with Crippen LogP contribution < -0.4 is 10.8 Å². The van der Waals surface area contributed by atoms with Crippen molar-refractivity contribution in [1.82, 2.24) is 5.48 Å². The van der Waals surface area contributed by atoms with Crippen molar-refractivity contribution in [3.63, 3.8) is 0 Å². The van der Waals surface area contributed by atoms with E-state index in [0.717, 1.165) is 23.3 Å². The summed E-state index contributed by atoms with van der Waals surface area (Å²) >= 11 is 6.93. The normalized spacial score (nSPS) is 24.0. The summed E-state index contributed by atoms with van der Waals surface area (Å²) in [5.74, 6) is -0.896. The van der Waals surface area contributed by atoms with Crippen molar-refractivity contribution < 1.29 is 27.6 Å². The van der Waals surface area contributed by atoms with Crippen LogP contribution in [0.2, 0.25) is 0 Å². The van der Waals surface area contributed by atoms with Crippen LogP contribution in [0.5, 0.6) is 0 Å². The zero-order valence-corrected chi connectivity index (χ0v) is 21.6. The van der Waals surface area contributed by atoms with Crippen molar-refractivity contribution in [3.05, 3.63) is 41.3 Å². The molecule has 1 aromatic carbocycles. The number of amides is 2. The Morgan fingerprint density at radius 1 is 1.14 bits per heavy atom. The predicted octanol–water partition coefficient (Wildman–Crippen LogP) is 4.35. The second kappa shape index (κ2) is 11.4. The number of halogens is 1. The van der Waals surface area contributed by atoms with Crippen LogP contribution in [0.1, 0.15) is 49.8 Å². The molecule has 3 heterocycles. The minimum atomic E-state index is -3.58. The molecule has 2 aromatic rings. The smallest absolute Gasteiger partial charge is 0.245 e. The molecule has 8 nitrogen and oxygen atoms in total. The number of benzene rings is 1. The third-order valence-corrected chi connectivity index (χ3v) is 10.6. The number of hydrogen-bond acceptors (Lipinski definition) is 7. The first-order valence-electron chi connectivity index (χ1n) is 11.7. The van der Waals surface area contributed by atoms with Crippen LogP contribution in [0.15, 0.2) is 36.4 Å². The maximum atomic E-state index is 13.4. The van der Waals surface area contributed by atoms with E-state index in [1.165, 1.54) is 11.3 Å². The molecular formula is C24H29ClN2O6S2. The first-order chi connectivity index (χ1) is 16.8. The van der Waals surface area contributed by atoms with Crippen molar-refractivity contribution in [3.8, 4) is 10.4 Å². The molecule has 4 rings (SSSR count). The second-order valence-corrected chi connectivity index (χ2v) is 12.6. The Morgan fingerprint density at radius 3 is 2.74 bits per heavy atom. The van der Waals surface area contributed by atoms with E-state index in [1.54, 1.807) is 12.1 Å². The highest BCUT2D eigenvalue weighted by atomic mass is 35.5. The number of sulfone groups is 1. The Balaban J connectivity index is 1.57. The van der Waals surface area contributed by atoms with Gasteiger partial charge in [-0.25, -0.2) is 18.7 Å². The summed E-state index contributed by atoms with van der Waals surface area (Å²) in [7, 11) is -3.58. The maximum Gasteiger partial charge on any atom is 0.245 e. The summed E-state index contributed by atoms with van der Waals surface area (Å²) in [6.07, 6.45) is 3.53. The summed E-state index contributed by atoms with van der Waals surface area (Å²) in [5.41, 5.74) is 3.86. The molecule has 2 atom stereocenters. The lowest BCUT2D eigenvalue weighted by Gasteiger charge is -2.35. The highest BCUT2D eigenvalue weighted by Gasteiger charge is 2.49. The zero-order chi connectivity index (χ0) is 24.9. The van der Waals surface area contributed by atoms with Gasteiger partial charge in [0.15, 0.2) is 16.1 Å². The third kappa shape index (κ3) is 6.06. The number of thiophene rings is 1. The second-order valence-electron chi connectivity index (χ2n) is 8.81. The molecule has 2 fully saturated rings. The third-order valence-electron chi connectivity index (χ3n) is 6.33. The largest absolute Gasteiger partial charge is 0.350 e. The molecule has 2 aliphatic rings. The van der Waals surface area contributed by atoms with E-state index in [0.29, 0.717) is 42.9 Å². The summed E-state index contributed by atoms with van der Waals surface area (Å²) in [4.78, 5) is 31.4. The Kier molecular flexibility index (Phi) is 8.49. The number of hydroxylamine groups is 1. The first kappa shape index (κ1) is 26.1. The van der Waals surface area contributed by atoms with Gasteiger partial charge in [-0.3, -0.25) is 9.59 Å². The van der Waals surface area contributed by atoms with Gasteiger partial charge in [-0.05, 0) is 55.5 Å². The van der Waals surface area contributed by atoms with Crippen LogP contribution >= 0.6 is 22.9 Å². The van der Waals surface area contributed by atoms with Crippen LogP contribution in [-0.4, -0.2) is 44.8 Å². The summed E-state index contributed by atoms with van der Waals surface area (Å²) < 4.78 is 31.0. The molecule has 2 N–H and O–H groups in total. The van der Waals surface area contributed by atoms with Crippen LogP contribution in [0.3, 0.4) is 0 Å². The molecule has 11 heteroatoms. The van der Waals surface area contributed by atoms with Crippen LogP contribution in [-0.2, 0) is 33.7 Å². The number of carbonyl (C=O) groups is 2. The van der Waals surface area contributed by atoms with E-state index in [4.69, 9.17) is 21.2 Å². The van der Waals surface area contributed by atoms with Gasteiger partial charge < -0.3 is 10.1 Å². The number of anilines is 1. The van der Waals surface area contributed by atoms with Gasteiger partial charge in [-0.1, -0.05) is 18.6 Å². The highest BCUT2D eigenvalue weighted by Crippen LogP contribution is 2.47. The average Bonchev–Trinajstić information content (AvgIpc) is 3.36. The van der Waals surface area contributed by atoms with E-state index in [2.05, 4.69) is 10.8 Å². The first-order valence-corrected chi connectivity index (χ1v) is 14.7. The zero-order valence-electron chi connectivity index (χ0n) is 19.3. The monoisotopic (exact) mass is 540 g/mol. The quantitative estimate of drug-likeness (QED) is 0.380. The van der Waals surface area contributed by atoms with Crippen LogP contribution in [0, 0.1) is 0 Å². The number of hydrogen-bond donors (Lipinski definition) is 2. The fourth-order valence-corrected chi connectivity index (χ4v) is 8.37. The molecule has 2 amide bonds.